The number of aromatic nitrogens is 1. The molecule has 0 spiro atoms. The number of nitrogens with one attached hydrogen (secondary N) is 3. The number of hydrogen-bond acceptors (Lipinski definition) is 27. The van der Waals surface area contributed by atoms with Crippen LogP contribution in [0.15, 0.2) is 200 Å². The molecule has 1 saturated carbocycles. The van der Waals surface area contributed by atoms with Crippen LogP contribution in [0, 0.1) is 10.1 Å². The second-order valence-corrected chi connectivity index (χ2v) is 34.9. The molecule has 0 unspecified atom stereocenters. The highest BCUT2D eigenvalue weighted by Crippen LogP contribution is 2.41. The zero-order valence-electron chi connectivity index (χ0n) is 86.0. The van der Waals surface area contributed by atoms with Crippen molar-refractivity contribution in [2.75, 3.05) is 94.1 Å². The number of pyridine rings is 1. The molecule has 1 heterocycles. The van der Waals surface area contributed by atoms with Crippen LogP contribution >= 0.6 is 34.8 Å². The van der Waals surface area contributed by atoms with Gasteiger partial charge in [0.1, 0.15) is 54.5 Å². The molecular formula is C110H129Cl3N8O26. The van der Waals surface area contributed by atoms with Gasteiger partial charge in [0.25, 0.3) is 35.4 Å². The van der Waals surface area contributed by atoms with Crippen LogP contribution in [0.3, 0.4) is 0 Å². The SMILES string of the molecule is CCCOc1ccc(C(=O)NCC(C)=O)cc1OCC.CCOc1cc(C(=O)N(CC(C)=O)C(C)C)ccc1OCc1cccnc1.CCOc1cc(C(=O)NCC(C)=O)ccc1OCc1ccc(Cl)cc1.COc1cc(C(=O)N(C)CC(C)=O)ccc1OC1CCCC1.COc1cc(C(=O)N(CC(C)=O)C(C)C)ccc1Oc1ccc(Cl)cc1[N+](=O)[O-].COc1cc(C(=O)NCC(C)=O)ccc1OCc1ccccc1Cl. The van der Waals surface area contributed by atoms with Crippen LogP contribution < -0.4 is 72.8 Å². The van der Waals surface area contributed by atoms with Gasteiger partial charge in [0.15, 0.2) is 69.0 Å². The van der Waals surface area contributed by atoms with Crippen molar-refractivity contribution in [2.24, 2.45) is 0 Å². The van der Waals surface area contributed by atoms with E-state index >= 15 is 0 Å². The standard InChI is InChI=1S/C21H26N2O4.C20H21ClN2O6.C19H20ClNO4.C18H18ClNO4.C17H23NO4.C15H21NO4/c1-5-26-20-11-18(21(25)23(15(2)3)13-16(4)24)8-9-19(20)27-14-17-7-6-10-22-12-17;1-12(2)22(11-13(3)24)20(25)14-5-7-18(19(9-14)28-4)29-17-8-6-15(21)10-16(17)23(26)27;1-3-24-18-10-15(19(23)21-11-13(2)22)6-9-17(18)25-12-14-4-7-16(20)8-5-14;1-12(21)10-20-18(22)13-7-8-16(17(9-13)23-2)24-11-14-5-3-4-6-15(14)19;1-12(19)11-18(2)17(20)13-8-9-15(16(10-13)21-3)22-14-6-4-5-7-14;1-4-8-20-13-7-6-12(9-14(13)19-5-2)15(18)16-10-11(3)17/h6-12,15H,5,13-14H2,1-4H3;5-10,12H,11H2,1-4H3;4-10H,3,11-12H2,1-2H3,(H,21,23);3-9H,10-11H2,1-2H3,(H,20,22);8-10,14H,4-7,11H2,1-3H3;6-7,9H,4-5,8,10H2,1-3H3,(H,16,18). The number of ketones is 6. The molecule has 10 aromatic rings. The molecule has 1 aromatic heterocycles. The molecule has 37 heteroatoms. The average molecular weight is 2090 g/mol. The summed E-state index contributed by atoms with van der Waals surface area (Å²) in [6, 6.07) is 51.7. The van der Waals surface area contributed by atoms with E-state index < -0.39 is 4.92 Å². The van der Waals surface area contributed by atoms with Crippen LogP contribution in [0.1, 0.15) is 208 Å². The number of hydrogen-bond donors (Lipinski definition) is 3. The Kier molecular flexibility index (Phi) is 51.8. The Morgan fingerprint density at radius 1 is 0.401 bits per heavy atom. The molecule has 3 N–H and O–H groups in total. The number of rotatable bonds is 46. The van der Waals surface area contributed by atoms with Crippen LogP contribution in [0.2, 0.25) is 15.1 Å². The Balaban J connectivity index is 0.000000270. The number of nitro groups is 1. The van der Waals surface area contributed by atoms with Crippen molar-refractivity contribution < 1.29 is 119 Å². The Hall–Kier alpha value is -15.2. The van der Waals surface area contributed by atoms with E-state index in [0.717, 1.165) is 36.0 Å². The van der Waals surface area contributed by atoms with E-state index in [1.165, 1.54) is 115 Å². The number of amides is 6. The number of likely N-dealkylation sites (N-methyl/N-ethyl adjacent to an activating group) is 1. The minimum absolute atomic E-state index is 0.00236. The summed E-state index contributed by atoms with van der Waals surface area (Å²) in [6.45, 7) is 26.8. The summed E-state index contributed by atoms with van der Waals surface area (Å²) in [5.74, 6) is 3.48. The zero-order chi connectivity index (χ0) is 108. The predicted octanol–water partition coefficient (Wildman–Crippen LogP) is 19.7. The third-order valence-electron chi connectivity index (χ3n) is 20.8. The van der Waals surface area contributed by atoms with Gasteiger partial charge in [-0.2, -0.15) is 0 Å². The van der Waals surface area contributed by atoms with Crippen molar-refractivity contribution in [3.05, 3.63) is 276 Å². The molecule has 786 valence electrons. The summed E-state index contributed by atoms with van der Waals surface area (Å²) in [5.41, 5.74) is 4.94. The first-order valence-electron chi connectivity index (χ1n) is 47.3. The van der Waals surface area contributed by atoms with Crippen molar-refractivity contribution in [1.82, 2.24) is 35.6 Å². The van der Waals surface area contributed by atoms with Gasteiger partial charge in [-0.15, -0.1) is 0 Å². The Morgan fingerprint density at radius 3 is 1.20 bits per heavy atom. The average Bonchev–Trinajstić information content (AvgIpc) is 1.01. The highest BCUT2D eigenvalue weighted by atomic mass is 35.5. The lowest BCUT2D eigenvalue weighted by Crippen LogP contribution is -2.40. The van der Waals surface area contributed by atoms with Crippen molar-refractivity contribution in [3.8, 4) is 74.7 Å². The Bertz CT molecular complexity index is 6100. The smallest absolute Gasteiger partial charge is 0.313 e. The number of Topliss-reactive ketones (excluding diaryl/α,β-unsaturated/α-hetero) is 6. The first kappa shape index (κ1) is 121. The fraction of sp³-hybridized carbons (Fsp3) is 0.355. The van der Waals surface area contributed by atoms with E-state index in [1.54, 1.807) is 141 Å². The fourth-order valence-electron chi connectivity index (χ4n) is 13.5. The quantitative estimate of drug-likeness (QED) is 0.0236. The van der Waals surface area contributed by atoms with Gasteiger partial charge >= 0.3 is 5.69 Å². The third-order valence-corrected chi connectivity index (χ3v) is 21.6. The molecule has 1 aliphatic carbocycles. The Labute approximate surface area is 872 Å². The number of nitro benzene ring substituents is 1. The maximum Gasteiger partial charge on any atom is 0.313 e. The molecule has 0 atom stereocenters. The topological polar surface area (TPSA) is 417 Å². The number of halogens is 3. The minimum atomic E-state index is -0.603. The number of ether oxygens (including phenoxy) is 12. The van der Waals surface area contributed by atoms with Gasteiger partial charge in [-0.1, -0.05) is 78.1 Å². The van der Waals surface area contributed by atoms with Gasteiger partial charge in [0.2, 0.25) is 5.75 Å². The van der Waals surface area contributed by atoms with Crippen molar-refractivity contribution in [2.45, 2.75) is 167 Å². The van der Waals surface area contributed by atoms with E-state index in [9.17, 15) is 67.6 Å². The summed E-state index contributed by atoms with van der Waals surface area (Å²) in [6.07, 6.45) is 9.08. The highest BCUT2D eigenvalue weighted by Gasteiger charge is 2.28. The normalized spacial score (nSPS) is 11.0. The number of carbonyl (C=O) groups excluding carboxylic acids is 12. The monoisotopic (exact) mass is 2080 g/mol. The van der Waals surface area contributed by atoms with Gasteiger partial charge in [-0.25, -0.2) is 0 Å². The van der Waals surface area contributed by atoms with Crippen molar-refractivity contribution in [1.29, 1.82) is 0 Å². The molecule has 6 amide bonds. The lowest BCUT2D eigenvalue weighted by atomic mass is 10.1. The molecule has 1 aliphatic rings. The molecule has 9 aromatic carbocycles. The van der Waals surface area contributed by atoms with E-state index in [4.69, 9.17) is 91.6 Å². The summed E-state index contributed by atoms with van der Waals surface area (Å²) in [7, 11) is 6.06. The summed E-state index contributed by atoms with van der Waals surface area (Å²) in [4.78, 5) is 160. The molecule has 0 radical (unpaired) electrons. The maximum atomic E-state index is 12.8. The first-order valence-corrected chi connectivity index (χ1v) is 48.5. The highest BCUT2D eigenvalue weighted by molar-refractivity contribution is 6.31. The fourth-order valence-corrected chi connectivity index (χ4v) is 14.0. The predicted molar refractivity (Wildman–Crippen MR) is 559 cm³/mol. The summed E-state index contributed by atoms with van der Waals surface area (Å²) >= 11 is 17.8. The molecular weight excluding hydrogens is 1960 g/mol. The summed E-state index contributed by atoms with van der Waals surface area (Å²) < 4.78 is 67.2. The second kappa shape index (κ2) is 63.2. The van der Waals surface area contributed by atoms with Gasteiger partial charge in [-0.05, 0) is 273 Å². The number of carbonyl (C=O) groups is 12. The minimum Gasteiger partial charge on any atom is -0.493 e. The van der Waals surface area contributed by atoms with Crippen LogP contribution in [0.5, 0.6) is 74.7 Å². The van der Waals surface area contributed by atoms with E-state index in [0.29, 0.717) is 141 Å². The van der Waals surface area contributed by atoms with Crippen LogP contribution in [0.4, 0.5) is 5.69 Å². The van der Waals surface area contributed by atoms with Gasteiger partial charge in [0.05, 0.1) is 98.1 Å². The van der Waals surface area contributed by atoms with Crippen LogP contribution in [-0.2, 0) is 48.6 Å². The molecule has 11 rings (SSSR count). The number of methoxy groups -OCH3 is 3. The lowest BCUT2D eigenvalue weighted by molar-refractivity contribution is -0.385. The zero-order valence-corrected chi connectivity index (χ0v) is 88.3. The van der Waals surface area contributed by atoms with E-state index in [-0.39, 0.29) is 162 Å². The third kappa shape index (κ3) is 41.5. The van der Waals surface area contributed by atoms with Crippen LogP contribution in [0.25, 0.3) is 0 Å². The van der Waals surface area contributed by atoms with Crippen molar-refractivity contribution in [3.63, 3.8) is 0 Å². The lowest BCUT2D eigenvalue weighted by Gasteiger charge is -2.26. The molecule has 147 heavy (non-hydrogen) atoms. The van der Waals surface area contributed by atoms with Crippen LogP contribution in [-0.4, -0.2) is 207 Å². The van der Waals surface area contributed by atoms with Crippen molar-refractivity contribution >= 4 is 111 Å². The summed E-state index contributed by atoms with van der Waals surface area (Å²) in [5, 5.41) is 20.4. The van der Waals surface area contributed by atoms with Gasteiger partial charge < -0.3 is 87.5 Å². The van der Waals surface area contributed by atoms with Gasteiger partial charge in [-0.3, -0.25) is 72.6 Å². The molecule has 0 bridgehead atoms. The van der Waals surface area contributed by atoms with E-state index in [1.807, 2.05) is 97.9 Å². The first-order chi connectivity index (χ1) is 70.1. The maximum absolute atomic E-state index is 12.8. The number of benzene rings is 9. The largest absolute Gasteiger partial charge is 0.493 e. The molecule has 0 saturated heterocycles. The Morgan fingerprint density at radius 2 is 0.782 bits per heavy atom. The molecule has 0 aliphatic heterocycles. The second-order valence-electron chi connectivity index (χ2n) is 33.6. The van der Waals surface area contributed by atoms with E-state index in [2.05, 4.69) is 20.9 Å². The molecule has 1 fully saturated rings. The van der Waals surface area contributed by atoms with Gasteiger partial charge in [0, 0.05) is 97.2 Å². The molecule has 34 nitrogen and oxygen atoms in total. The number of nitrogens with zero attached hydrogens (tertiary/aromatic N) is 5.